The second-order valence-electron chi connectivity index (χ2n) is 5.43. The highest BCUT2D eigenvalue weighted by molar-refractivity contribution is 6.30. The lowest BCUT2D eigenvalue weighted by Gasteiger charge is -2.06. The Labute approximate surface area is 151 Å². The molecule has 0 aliphatic heterocycles. The van der Waals surface area contributed by atoms with Crippen LogP contribution in [0, 0.1) is 0 Å². The number of carbonyl (C=O) groups excluding carboxylic acids is 1. The number of halogens is 1. The van der Waals surface area contributed by atoms with Gasteiger partial charge in [0.1, 0.15) is 11.5 Å². The molecule has 0 saturated heterocycles. The Morgan fingerprint density at radius 2 is 1.92 bits per heavy atom. The molecule has 0 bridgehead atoms. The van der Waals surface area contributed by atoms with Crippen LogP contribution in [0.2, 0.25) is 5.02 Å². The first-order valence-corrected chi connectivity index (χ1v) is 8.39. The normalized spacial score (nSPS) is 10.5. The first kappa shape index (κ1) is 17.1. The quantitative estimate of drug-likeness (QED) is 0.602. The molecule has 3 aromatic rings. The fraction of sp³-hybridized carbons (Fsp3) is 0.150. The summed E-state index contributed by atoms with van der Waals surface area (Å²) in [6.45, 7) is 2.69. The van der Waals surface area contributed by atoms with Gasteiger partial charge in [0.25, 0.3) is 0 Å². The van der Waals surface area contributed by atoms with Crippen molar-refractivity contribution < 1.29 is 13.9 Å². The molecule has 1 N–H and O–H groups in total. The lowest BCUT2D eigenvalue weighted by atomic mass is 10.2. The van der Waals surface area contributed by atoms with Crippen LogP contribution in [0.4, 0.5) is 5.69 Å². The average Bonchev–Trinajstić information content (AvgIpc) is 3.10. The molecular weight excluding hydrogens is 338 g/mol. The van der Waals surface area contributed by atoms with E-state index in [4.69, 9.17) is 20.8 Å². The summed E-state index contributed by atoms with van der Waals surface area (Å²) in [6, 6.07) is 18.5. The Morgan fingerprint density at radius 3 is 2.64 bits per heavy atom. The summed E-state index contributed by atoms with van der Waals surface area (Å²) >= 11 is 6.01. The maximum atomic E-state index is 11.6. The largest absolute Gasteiger partial charge is 0.462 e. The van der Waals surface area contributed by atoms with Gasteiger partial charge in [-0.1, -0.05) is 23.7 Å². The fourth-order valence-corrected chi connectivity index (χ4v) is 2.59. The highest BCUT2D eigenvalue weighted by Crippen LogP contribution is 2.25. The predicted octanol–water partition coefficient (Wildman–Crippen LogP) is 5.39. The molecule has 0 spiro atoms. The van der Waals surface area contributed by atoms with Gasteiger partial charge in [-0.15, -0.1) is 0 Å². The number of hydrogen-bond acceptors (Lipinski definition) is 4. The van der Waals surface area contributed by atoms with Crippen molar-refractivity contribution in [2.75, 3.05) is 11.9 Å². The Kier molecular flexibility index (Phi) is 5.41. The molecule has 3 rings (SSSR count). The molecule has 2 aromatic carbocycles. The van der Waals surface area contributed by atoms with Crippen LogP contribution in [-0.4, -0.2) is 12.6 Å². The Hall–Kier alpha value is -2.72. The summed E-state index contributed by atoms with van der Waals surface area (Å²) in [4.78, 5) is 11.6. The monoisotopic (exact) mass is 355 g/mol. The molecule has 0 aliphatic carbocycles. The summed E-state index contributed by atoms with van der Waals surface area (Å²) in [5.41, 5.74) is 2.37. The van der Waals surface area contributed by atoms with Crippen molar-refractivity contribution in [3.63, 3.8) is 0 Å². The van der Waals surface area contributed by atoms with Gasteiger partial charge in [0.15, 0.2) is 0 Å². The third-order valence-electron chi connectivity index (χ3n) is 3.63. The molecule has 0 saturated carbocycles. The lowest BCUT2D eigenvalue weighted by Crippen LogP contribution is -2.05. The van der Waals surface area contributed by atoms with Crippen molar-refractivity contribution in [3.05, 3.63) is 77.0 Å². The number of nitrogens with one attached hydrogen (secondary N) is 1. The SMILES string of the molecule is CCOC(=O)c1ccc(NCc2ccc(-c3cccc(Cl)c3)o2)cc1. The zero-order valence-electron chi connectivity index (χ0n) is 13.8. The summed E-state index contributed by atoms with van der Waals surface area (Å²) in [6.07, 6.45) is 0. The molecule has 1 aromatic heterocycles. The number of esters is 1. The minimum atomic E-state index is -0.314. The molecule has 0 radical (unpaired) electrons. The van der Waals surface area contributed by atoms with Crippen LogP contribution in [0.15, 0.2) is 65.1 Å². The zero-order valence-corrected chi connectivity index (χ0v) is 14.5. The van der Waals surface area contributed by atoms with Crippen LogP contribution in [0.25, 0.3) is 11.3 Å². The number of rotatable bonds is 6. The summed E-state index contributed by atoms with van der Waals surface area (Å²) in [7, 11) is 0. The van der Waals surface area contributed by atoms with E-state index in [2.05, 4.69) is 5.32 Å². The smallest absolute Gasteiger partial charge is 0.338 e. The molecule has 0 amide bonds. The van der Waals surface area contributed by atoms with Crippen molar-refractivity contribution in [1.82, 2.24) is 0 Å². The van der Waals surface area contributed by atoms with Gasteiger partial charge in [0, 0.05) is 16.3 Å². The highest BCUT2D eigenvalue weighted by Gasteiger charge is 2.07. The lowest BCUT2D eigenvalue weighted by molar-refractivity contribution is 0.0526. The van der Waals surface area contributed by atoms with E-state index in [1.54, 1.807) is 19.1 Å². The molecule has 1 heterocycles. The van der Waals surface area contributed by atoms with Gasteiger partial charge in [-0.2, -0.15) is 0 Å². The topological polar surface area (TPSA) is 51.5 Å². The number of hydrogen-bond donors (Lipinski definition) is 1. The maximum absolute atomic E-state index is 11.6. The van der Waals surface area contributed by atoms with Gasteiger partial charge in [-0.3, -0.25) is 0 Å². The van der Waals surface area contributed by atoms with Crippen molar-refractivity contribution in [2.24, 2.45) is 0 Å². The summed E-state index contributed by atoms with van der Waals surface area (Å²) < 4.78 is 10.8. The van der Waals surface area contributed by atoms with E-state index in [-0.39, 0.29) is 5.97 Å². The van der Waals surface area contributed by atoms with Crippen LogP contribution in [0.5, 0.6) is 0 Å². The molecular formula is C20H18ClNO3. The Morgan fingerprint density at radius 1 is 1.12 bits per heavy atom. The van der Waals surface area contributed by atoms with E-state index < -0.39 is 0 Å². The van der Waals surface area contributed by atoms with Gasteiger partial charge in [-0.25, -0.2) is 4.79 Å². The van der Waals surface area contributed by atoms with E-state index in [0.717, 1.165) is 22.8 Å². The molecule has 0 aliphatic rings. The highest BCUT2D eigenvalue weighted by atomic mass is 35.5. The molecule has 128 valence electrons. The molecule has 5 heteroatoms. The van der Waals surface area contributed by atoms with Crippen molar-refractivity contribution in [3.8, 4) is 11.3 Å². The number of ether oxygens (including phenoxy) is 1. The van der Waals surface area contributed by atoms with E-state index in [1.807, 2.05) is 48.5 Å². The van der Waals surface area contributed by atoms with Gasteiger partial charge >= 0.3 is 5.97 Å². The van der Waals surface area contributed by atoms with Crippen molar-refractivity contribution >= 4 is 23.3 Å². The Bertz CT molecular complexity index is 855. The molecule has 0 fully saturated rings. The maximum Gasteiger partial charge on any atom is 0.338 e. The zero-order chi connectivity index (χ0) is 17.6. The molecule has 4 nitrogen and oxygen atoms in total. The van der Waals surface area contributed by atoms with E-state index in [0.29, 0.717) is 23.7 Å². The van der Waals surface area contributed by atoms with Crippen molar-refractivity contribution in [2.45, 2.75) is 13.5 Å². The number of anilines is 1. The Balaban J connectivity index is 1.61. The standard InChI is InChI=1S/C20H18ClNO3/c1-2-24-20(23)14-6-8-17(9-7-14)22-13-18-10-11-19(25-18)15-4-3-5-16(21)12-15/h3-12,22H,2,13H2,1H3. The van der Waals surface area contributed by atoms with Crippen LogP contribution in [0.3, 0.4) is 0 Å². The van der Waals surface area contributed by atoms with Crippen molar-refractivity contribution in [1.29, 1.82) is 0 Å². The van der Waals surface area contributed by atoms with Gasteiger partial charge < -0.3 is 14.5 Å². The second-order valence-corrected chi connectivity index (χ2v) is 5.86. The number of benzene rings is 2. The van der Waals surface area contributed by atoms with Gasteiger partial charge in [0.05, 0.1) is 18.7 Å². The summed E-state index contributed by atoms with van der Waals surface area (Å²) in [5.74, 6) is 1.27. The van der Waals surface area contributed by atoms with Crippen LogP contribution >= 0.6 is 11.6 Å². The third kappa shape index (κ3) is 4.43. The first-order chi connectivity index (χ1) is 12.2. The third-order valence-corrected chi connectivity index (χ3v) is 3.87. The van der Waals surface area contributed by atoms with E-state index in [1.165, 1.54) is 0 Å². The van der Waals surface area contributed by atoms with Crippen LogP contribution in [-0.2, 0) is 11.3 Å². The van der Waals surface area contributed by atoms with E-state index >= 15 is 0 Å². The van der Waals surface area contributed by atoms with Crippen LogP contribution in [0.1, 0.15) is 23.0 Å². The number of carbonyl (C=O) groups is 1. The second kappa shape index (κ2) is 7.90. The number of furan rings is 1. The predicted molar refractivity (Wildman–Crippen MR) is 98.9 cm³/mol. The minimum absolute atomic E-state index is 0.314. The molecule has 25 heavy (non-hydrogen) atoms. The van der Waals surface area contributed by atoms with Crippen LogP contribution < -0.4 is 5.32 Å². The minimum Gasteiger partial charge on any atom is -0.462 e. The average molecular weight is 356 g/mol. The fourth-order valence-electron chi connectivity index (χ4n) is 2.40. The van der Waals surface area contributed by atoms with Gasteiger partial charge in [-0.05, 0) is 55.5 Å². The van der Waals surface area contributed by atoms with E-state index in [9.17, 15) is 4.79 Å². The molecule has 0 atom stereocenters. The molecule has 0 unspecified atom stereocenters. The first-order valence-electron chi connectivity index (χ1n) is 8.01. The summed E-state index contributed by atoms with van der Waals surface area (Å²) in [5, 5.41) is 3.94. The van der Waals surface area contributed by atoms with Gasteiger partial charge in [0.2, 0.25) is 0 Å².